The molecule has 0 fully saturated rings. The van der Waals surface area contributed by atoms with Gasteiger partial charge in [0.1, 0.15) is 17.4 Å². The molecule has 0 spiro atoms. The highest BCUT2D eigenvalue weighted by Crippen LogP contribution is 2.39. The molecule has 1 N–H and O–H groups in total. The Morgan fingerprint density at radius 2 is 2.15 bits per heavy atom. The minimum atomic E-state index is -0.946. The Kier molecular flexibility index (Phi) is 3.93. The molecule has 4 heteroatoms. The van der Waals surface area contributed by atoms with E-state index in [9.17, 15) is 9.90 Å². The number of carboxylic acids is 1. The number of carbonyl (C=O) groups is 1. The van der Waals surface area contributed by atoms with E-state index >= 15 is 0 Å². The van der Waals surface area contributed by atoms with Crippen molar-refractivity contribution in [3.8, 4) is 5.75 Å². The van der Waals surface area contributed by atoms with Crippen molar-refractivity contribution < 1.29 is 14.6 Å². The number of hydrogen-bond donors (Lipinski definition) is 1. The van der Waals surface area contributed by atoms with Gasteiger partial charge in [-0.15, -0.1) is 0 Å². The molecule has 0 bridgehead atoms. The number of nitrogens with zero attached hydrogens (tertiary/aromatic N) is 1. The monoisotopic (exact) mass is 277 g/mol. The van der Waals surface area contributed by atoms with Crippen LogP contribution in [0.4, 0.5) is 5.69 Å². The Morgan fingerprint density at radius 1 is 1.45 bits per heavy atom. The molecule has 1 aliphatic rings. The average molecular weight is 277 g/mol. The van der Waals surface area contributed by atoms with Gasteiger partial charge in [0.25, 0.3) is 0 Å². The molecule has 110 valence electrons. The minimum Gasteiger partial charge on any atom is -0.486 e. The summed E-state index contributed by atoms with van der Waals surface area (Å²) < 4.78 is 5.95. The van der Waals surface area contributed by atoms with Crippen molar-refractivity contribution in [3.05, 3.63) is 23.8 Å². The zero-order chi connectivity index (χ0) is 14.9. The van der Waals surface area contributed by atoms with Gasteiger partial charge in [-0.3, -0.25) is 0 Å². The van der Waals surface area contributed by atoms with E-state index in [-0.39, 0.29) is 6.10 Å². The van der Waals surface area contributed by atoms with Crippen molar-refractivity contribution in [3.63, 3.8) is 0 Å². The molecule has 0 aromatic heterocycles. The van der Waals surface area contributed by atoms with Gasteiger partial charge in [0.05, 0.1) is 12.2 Å². The van der Waals surface area contributed by atoms with Crippen molar-refractivity contribution in [1.82, 2.24) is 0 Å². The van der Waals surface area contributed by atoms with Gasteiger partial charge >= 0.3 is 5.97 Å². The number of fused-ring (bicyclic) bond motifs is 1. The maximum atomic E-state index is 11.6. The van der Waals surface area contributed by atoms with Crippen LogP contribution in [-0.4, -0.2) is 29.3 Å². The lowest BCUT2D eigenvalue weighted by Crippen LogP contribution is -2.55. The van der Waals surface area contributed by atoms with Crippen LogP contribution in [0.15, 0.2) is 18.2 Å². The standard InChI is InChI=1S/C16H23NO3/c1-5-11-7-8-14-13(9-11)17(10-12(6-2)20-14)16(3,4)15(18)19/h7-9,12H,5-6,10H2,1-4H3,(H,18,19). The molecule has 20 heavy (non-hydrogen) atoms. The Bertz CT molecular complexity index is 510. The fourth-order valence-electron chi connectivity index (χ4n) is 2.47. The van der Waals surface area contributed by atoms with Crippen LogP contribution in [0.25, 0.3) is 0 Å². The zero-order valence-corrected chi connectivity index (χ0v) is 12.6. The van der Waals surface area contributed by atoms with Crippen LogP contribution in [0.2, 0.25) is 0 Å². The molecular weight excluding hydrogens is 254 g/mol. The van der Waals surface area contributed by atoms with Crippen molar-refractivity contribution in [2.45, 2.75) is 52.2 Å². The summed E-state index contributed by atoms with van der Waals surface area (Å²) in [5.41, 5.74) is 1.13. The number of anilines is 1. The number of benzene rings is 1. The molecule has 1 aromatic rings. The quantitative estimate of drug-likeness (QED) is 0.918. The maximum absolute atomic E-state index is 11.6. The Hall–Kier alpha value is -1.71. The fraction of sp³-hybridized carbons (Fsp3) is 0.562. The molecule has 1 heterocycles. The van der Waals surface area contributed by atoms with Crippen LogP contribution >= 0.6 is 0 Å². The normalized spacial score (nSPS) is 18.4. The van der Waals surface area contributed by atoms with Crippen LogP contribution in [0.3, 0.4) is 0 Å². The van der Waals surface area contributed by atoms with Crippen molar-refractivity contribution in [2.24, 2.45) is 0 Å². The van der Waals surface area contributed by atoms with E-state index in [1.165, 1.54) is 5.56 Å². The molecule has 0 radical (unpaired) electrons. The van der Waals surface area contributed by atoms with Crippen molar-refractivity contribution >= 4 is 11.7 Å². The number of carboxylic acid groups (broad SMARTS) is 1. The van der Waals surface area contributed by atoms with E-state index in [0.717, 1.165) is 24.3 Å². The smallest absolute Gasteiger partial charge is 0.328 e. The second-order valence-corrected chi connectivity index (χ2v) is 5.78. The van der Waals surface area contributed by atoms with E-state index in [0.29, 0.717) is 6.54 Å². The Labute approximate surface area is 120 Å². The highest BCUT2D eigenvalue weighted by Gasteiger charge is 2.39. The molecule has 1 atom stereocenters. The third-order valence-corrected chi connectivity index (χ3v) is 4.06. The van der Waals surface area contributed by atoms with Gasteiger partial charge in [0, 0.05) is 0 Å². The van der Waals surface area contributed by atoms with Crippen LogP contribution in [0, 0.1) is 0 Å². The third kappa shape index (κ3) is 2.47. The molecule has 0 amide bonds. The summed E-state index contributed by atoms with van der Waals surface area (Å²) in [7, 11) is 0. The van der Waals surface area contributed by atoms with Gasteiger partial charge in [-0.05, 0) is 44.4 Å². The van der Waals surface area contributed by atoms with E-state index in [1.807, 2.05) is 23.1 Å². The Morgan fingerprint density at radius 3 is 2.70 bits per heavy atom. The largest absolute Gasteiger partial charge is 0.486 e. The van der Waals surface area contributed by atoms with Crippen LogP contribution < -0.4 is 9.64 Å². The first-order chi connectivity index (χ1) is 9.40. The number of aryl methyl sites for hydroxylation is 1. The van der Waals surface area contributed by atoms with Crippen molar-refractivity contribution in [2.75, 3.05) is 11.4 Å². The lowest BCUT2D eigenvalue weighted by molar-refractivity contribution is -0.142. The van der Waals surface area contributed by atoms with Gasteiger partial charge in [-0.1, -0.05) is 19.9 Å². The van der Waals surface area contributed by atoms with Crippen LogP contribution in [-0.2, 0) is 11.2 Å². The number of rotatable bonds is 4. The lowest BCUT2D eigenvalue weighted by Gasteiger charge is -2.43. The van der Waals surface area contributed by atoms with Gasteiger partial charge in [-0.25, -0.2) is 4.79 Å². The number of aliphatic carboxylic acids is 1. The van der Waals surface area contributed by atoms with Crippen LogP contribution in [0.1, 0.15) is 39.7 Å². The molecule has 0 saturated heterocycles. The Balaban J connectivity index is 2.49. The van der Waals surface area contributed by atoms with Crippen molar-refractivity contribution in [1.29, 1.82) is 0 Å². The second-order valence-electron chi connectivity index (χ2n) is 5.78. The molecule has 1 unspecified atom stereocenters. The molecule has 1 aliphatic heterocycles. The molecule has 4 nitrogen and oxygen atoms in total. The summed E-state index contributed by atoms with van der Waals surface area (Å²) >= 11 is 0. The predicted molar refractivity (Wildman–Crippen MR) is 79.6 cm³/mol. The van der Waals surface area contributed by atoms with E-state index < -0.39 is 11.5 Å². The molecule has 0 saturated carbocycles. The summed E-state index contributed by atoms with van der Waals surface area (Å²) in [4.78, 5) is 13.6. The second kappa shape index (κ2) is 5.35. The van der Waals surface area contributed by atoms with Gasteiger partial charge in [0.15, 0.2) is 0 Å². The van der Waals surface area contributed by atoms with E-state index in [4.69, 9.17) is 4.74 Å². The van der Waals surface area contributed by atoms with Gasteiger partial charge < -0.3 is 14.7 Å². The minimum absolute atomic E-state index is 0.0357. The first kappa shape index (κ1) is 14.7. The summed E-state index contributed by atoms with van der Waals surface area (Å²) in [5.74, 6) is -0.0308. The summed E-state index contributed by atoms with van der Waals surface area (Å²) in [6.07, 6.45) is 1.82. The third-order valence-electron chi connectivity index (χ3n) is 4.06. The lowest BCUT2D eigenvalue weighted by atomic mass is 9.98. The van der Waals surface area contributed by atoms with Gasteiger partial charge in [-0.2, -0.15) is 0 Å². The number of ether oxygens (including phenoxy) is 1. The van der Waals surface area contributed by atoms with E-state index in [1.54, 1.807) is 13.8 Å². The summed E-state index contributed by atoms with van der Waals surface area (Å²) in [6.45, 7) is 8.25. The van der Waals surface area contributed by atoms with Crippen LogP contribution in [0.5, 0.6) is 5.75 Å². The summed E-state index contributed by atoms with van der Waals surface area (Å²) in [6, 6.07) is 6.05. The molecular formula is C16H23NO3. The SMILES string of the molecule is CCc1ccc2c(c1)N(C(C)(C)C(=O)O)CC(CC)O2. The van der Waals surface area contributed by atoms with Gasteiger partial charge in [0.2, 0.25) is 0 Å². The molecule has 1 aromatic carbocycles. The highest BCUT2D eigenvalue weighted by atomic mass is 16.5. The molecule has 0 aliphatic carbocycles. The molecule has 2 rings (SSSR count). The fourth-order valence-corrected chi connectivity index (χ4v) is 2.47. The highest BCUT2D eigenvalue weighted by molar-refractivity contribution is 5.84. The summed E-state index contributed by atoms with van der Waals surface area (Å²) in [5, 5.41) is 9.52. The maximum Gasteiger partial charge on any atom is 0.328 e. The zero-order valence-electron chi connectivity index (χ0n) is 12.6. The van der Waals surface area contributed by atoms with E-state index in [2.05, 4.69) is 13.8 Å². The number of hydrogen-bond acceptors (Lipinski definition) is 3. The topological polar surface area (TPSA) is 49.8 Å². The average Bonchev–Trinajstić information content (AvgIpc) is 2.45. The first-order valence-corrected chi connectivity index (χ1v) is 7.20. The predicted octanol–water partition coefficient (Wildman–Crippen LogP) is 3.09. The first-order valence-electron chi connectivity index (χ1n) is 7.20.